The molecule has 0 fully saturated rings. The summed E-state index contributed by atoms with van der Waals surface area (Å²) in [6.45, 7) is 0. The minimum Gasteiger partial charge on any atom is -0.473 e. The summed E-state index contributed by atoms with van der Waals surface area (Å²) < 4.78 is 0. The number of carboxylic acid groups (broad SMARTS) is 3. The van der Waals surface area contributed by atoms with Gasteiger partial charge in [0.25, 0.3) is 0 Å². The highest BCUT2D eigenvalue weighted by Gasteiger charge is 2.44. The molecule has 0 aromatic heterocycles. The fourth-order valence-corrected chi connectivity index (χ4v) is 5.25. The SMILES string of the molecule is O=C(O)SS(SS)(C(=O)O)C(=O)O. The van der Waals surface area contributed by atoms with E-state index in [9.17, 15) is 14.4 Å². The predicted molar refractivity (Wildman–Crippen MR) is 55.8 cm³/mol. The Labute approximate surface area is 86.0 Å². The van der Waals surface area contributed by atoms with E-state index in [4.69, 9.17) is 15.3 Å². The third-order valence-corrected chi connectivity index (χ3v) is 9.88. The molecule has 0 amide bonds. The summed E-state index contributed by atoms with van der Waals surface area (Å²) in [5.41, 5.74) is 0. The molecular weight excluding hydrogens is 260 g/mol. The molecule has 0 heterocycles. The fraction of sp³-hybridized carbons (Fsp3) is 0. The summed E-state index contributed by atoms with van der Waals surface area (Å²) in [7, 11) is -3.36. The lowest BCUT2D eigenvalue weighted by Crippen LogP contribution is -2.12. The molecule has 0 radical (unpaired) electrons. The molecule has 0 bridgehead atoms. The summed E-state index contributed by atoms with van der Waals surface area (Å²) in [6, 6.07) is 0. The van der Waals surface area contributed by atoms with Gasteiger partial charge < -0.3 is 15.3 Å². The Kier molecular flexibility index (Phi) is 4.81. The minimum atomic E-state index is -3.44. The van der Waals surface area contributed by atoms with Crippen LogP contribution in [0.1, 0.15) is 0 Å². The van der Waals surface area contributed by atoms with Gasteiger partial charge in [0.2, 0.25) is 0 Å². The summed E-state index contributed by atoms with van der Waals surface area (Å²) in [4.78, 5) is 31.3. The summed E-state index contributed by atoms with van der Waals surface area (Å²) in [6.07, 6.45) is 0. The highest BCUT2D eigenvalue weighted by molar-refractivity contribution is 9.44. The van der Waals surface area contributed by atoms with Gasteiger partial charge in [0.1, 0.15) is 0 Å². The van der Waals surface area contributed by atoms with Gasteiger partial charge in [-0.15, -0.1) is 0 Å². The molecule has 0 saturated carbocycles. The van der Waals surface area contributed by atoms with Crippen molar-refractivity contribution in [2.75, 3.05) is 0 Å². The summed E-state index contributed by atoms with van der Waals surface area (Å²) in [5.74, 6) is 0. The third kappa shape index (κ3) is 2.90. The second-order valence-electron chi connectivity index (χ2n) is 1.46. The van der Waals surface area contributed by atoms with Crippen LogP contribution >= 0.6 is 40.4 Å². The van der Waals surface area contributed by atoms with Crippen LogP contribution in [-0.4, -0.2) is 31.2 Å². The third-order valence-electron chi connectivity index (χ3n) is 0.753. The molecule has 0 aliphatic heterocycles. The Balaban J connectivity index is 4.98. The molecule has 0 aromatic carbocycles. The van der Waals surface area contributed by atoms with Crippen molar-refractivity contribution in [3.8, 4) is 0 Å². The van der Waals surface area contributed by atoms with Crippen molar-refractivity contribution in [3.05, 3.63) is 0 Å². The zero-order valence-corrected chi connectivity index (χ0v) is 9.08. The van der Waals surface area contributed by atoms with Crippen LogP contribution in [0.5, 0.6) is 0 Å². The van der Waals surface area contributed by atoms with Gasteiger partial charge >= 0.3 is 15.9 Å². The van der Waals surface area contributed by atoms with Gasteiger partial charge in [-0.05, 0) is 9.83 Å². The molecule has 0 aliphatic carbocycles. The molecule has 6 nitrogen and oxygen atoms in total. The van der Waals surface area contributed by atoms with Crippen molar-refractivity contribution in [2.24, 2.45) is 0 Å². The van der Waals surface area contributed by atoms with Crippen molar-refractivity contribution in [2.45, 2.75) is 0 Å². The van der Waals surface area contributed by atoms with E-state index in [1.807, 2.05) is 0 Å². The molecule has 0 rings (SSSR count). The number of rotatable bonds is 1. The Morgan fingerprint density at radius 3 is 1.54 bits per heavy atom. The molecular formula is C3H4O6S4. The van der Waals surface area contributed by atoms with Crippen LogP contribution in [0, 0.1) is 0 Å². The van der Waals surface area contributed by atoms with Crippen molar-refractivity contribution in [1.29, 1.82) is 0 Å². The number of carbonyl (C=O) groups is 3. The Morgan fingerprint density at radius 1 is 1.08 bits per heavy atom. The van der Waals surface area contributed by atoms with Gasteiger partial charge in [-0.25, -0.2) is 14.4 Å². The van der Waals surface area contributed by atoms with Crippen LogP contribution in [0.3, 0.4) is 0 Å². The maximum Gasteiger partial charge on any atom is 0.376 e. The average molecular weight is 264 g/mol. The summed E-state index contributed by atoms with van der Waals surface area (Å²) in [5, 5.41) is 20.4. The second-order valence-corrected chi connectivity index (χ2v) is 9.75. The zero-order chi connectivity index (χ0) is 10.6. The van der Waals surface area contributed by atoms with E-state index in [-0.39, 0.29) is 20.6 Å². The number of hydrogen-bond donors (Lipinski definition) is 4. The number of hydrogen-bond acceptors (Lipinski definition) is 6. The maximum atomic E-state index is 10.5. The van der Waals surface area contributed by atoms with Gasteiger partial charge in [0, 0.05) is 10.8 Å². The Hall–Kier alpha value is -0.190. The normalized spacial score (nSPS) is 12.1. The minimum absolute atomic E-state index is 0.149. The van der Waals surface area contributed by atoms with Crippen LogP contribution in [0.15, 0.2) is 0 Å². The fourth-order valence-electron chi connectivity index (χ4n) is 0.325. The van der Waals surface area contributed by atoms with E-state index < -0.39 is 24.0 Å². The van der Waals surface area contributed by atoms with Gasteiger partial charge in [-0.2, -0.15) is 0 Å². The van der Waals surface area contributed by atoms with Crippen molar-refractivity contribution in [1.82, 2.24) is 0 Å². The lowest BCUT2D eigenvalue weighted by Gasteiger charge is -2.22. The van der Waals surface area contributed by atoms with Gasteiger partial charge in [0.05, 0.1) is 8.09 Å². The quantitative estimate of drug-likeness (QED) is 0.422. The maximum absolute atomic E-state index is 10.5. The van der Waals surface area contributed by atoms with Crippen LogP contribution in [0.2, 0.25) is 0 Å². The molecule has 0 spiro atoms. The zero-order valence-electron chi connectivity index (χ0n) is 5.74. The molecule has 0 aliphatic rings. The van der Waals surface area contributed by atoms with E-state index >= 15 is 0 Å². The van der Waals surface area contributed by atoms with Crippen LogP contribution in [0.25, 0.3) is 0 Å². The summed E-state index contributed by atoms with van der Waals surface area (Å²) >= 11 is 3.46. The topological polar surface area (TPSA) is 112 Å². The first kappa shape index (κ1) is 12.8. The molecule has 13 heavy (non-hydrogen) atoms. The largest absolute Gasteiger partial charge is 0.473 e. The monoisotopic (exact) mass is 264 g/mol. The van der Waals surface area contributed by atoms with E-state index in [2.05, 4.69) is 11.7 Å². The Morgan fingerprint density at radius 2 is 1.46 bits per heavy atom. The number of thiol groups is 1. The van der Waals surface area contributed by atoms with E-state index in [0.29, 0.717) is 0 Å². The van der Waals surface area contributed by atoms with Crippen molar-refractivity contribution >= 4 is 56.3 Å². The molecule has 76 valence electrons. The van der Waals surface area contributed by atoms with Crippen LogP contribution in [-0.2, 0) is 0 Å². The predicted octanol–water partition coefficient (Wildman–Crippen LogP) is 2.97. The Bertz CT molecular complexity index is 236. The van der Waals surface area contributed by atoms with Crippen molar-refractivity contribution < 1.29 is 29.7 Å². The lowest BCUT2D eigenvalue weighted by atomic mass is 11.6. The first-order chi connectivity index (χ1) is 5.86. The molecule has 0 aromatic rings. The van der Waals surface area contributed by atoms with Gasteiger partial charge in [-0.1, -0.05) is 11.7 Å². The molecule has 0 unspecified atom stereocenters. The highest BCUT2D eigenvalue weighted by atomic mass is 33.7. The van der Waals surface area contributed by atoms with Gasteiger partial charge in [0.15, 0.2) is 0 Å². The van der Waals surface area contributed by atoms with Gasteiger partial charge in [-0.3, -0.25) is 0 Å². The van der Waals surface area contributed by atoms with E-state index in [1.54, 1.807) is 0 Å². The van der Waals surface area contributed by atoms with Crippen molar-refractivity contribution in [3.63, 3.8) is 0 Å². The highest BCUT2D eigenvalue weighted by Crippen LogP contribution is 2.72. The molecule has 0 atom stereocenters. The van der Waals surface area contributed by atoms with E-state index in [0.717, 1.165) is 0 Å². The van der Waals surface area contributed by atoms with Crippen LogP contribution < -0.4 is 0 Å². The molecule has 3 N–H and O–H groups in total. The van der Waals surface area contributed by atoms with E-state index in [1.165, 1.54) is 0 Å². The molecule has 0 saturated heterocycles. The smallest absolute Gasteiger partial charge is 0.376 e. The first-order valence-corrected chi connectivity index (χ1v) is 7.76. The first-order valence-electron chi connectivity index (χ1n) is 2.41. The lowest BCUT2D eigenvalue weighted by molar-refractivity contribution is 0.215. The van der Waals surface area contributed by atoms with Crippen LogP contribution in [0.4, 0.5) is 14.4 Å². The second kappa shape index (κ2) is 4.88. The standard InChI is InChI=1S/C3H4O6S4/c4-1(5)11-13(12-10,2(6)7)3(8)9/h10H,(H,4,5)(H,6,7)(H,8,9). The molecule has 10 heteroatoms. The average Bonchev–Trinajstić information content (AvgIpc) is 1.98.